The molecule has 0 spiro atoms. The molecule has 0 radical (unpaired) electrons. The summed E-state index contributed by atoms with van der Waals surface area (Å²) in [5.74, 6) is 1.12. The second-order valence-electron chi connectivity index (χ2n) is 8.30. The van der Waals surface area contributed by atoms with E-state index in [9.17, 15) is 4.79 Å². The molecule has 0 N–H and O–H groups in total. The van der Waals surface area contributed by atoms with Gasteiger partial charge < -0.3 is 4.90 Å². The van der Waals surface area contributed by atoms with Crippen molar-refractivity contribution in [3.05, 3.63) is 89.7 Å². The molecular weight excluding hydrogens is 442 g/mol. The van der Waals surface area contributed by atoms with Crippen LogP contribution in [0.15, 0.2) is 78.2 Å². The van der Waals surface area contributed by atoms with Gasteiger partial charge in [-0.2, -0.15) is 0 Å². The van der Waals surface area contributed by atoms with Gasteiger partial charge in [0.15, 0.2) is 11.0 Å². The average Bonchev–Trinajstić information content (AvgIpc) is 3.28. The number of benzene rings is 2. The van der Waals surface area contributed by atoms with Crippen LogP contribution in [0.2, 0.25) is 0 Å². The van der Waals surface area contributed by atoms with Gasteiger partial charge in [0, 0.05) is 36.7 Å². The Morgan fingerprint density at radius 3 is 2.21 bits per heavy atom. The van der Waals surface area contributed by atoms with Gasteiger partial charge in [0.05, 0.1) is 5.75 Å². The van der Waals surface area contributed by atoms with E-state index in [1.807, 2.05) is 21.6 Å². The van der Waals surface area contributed by atoms with Crippen LogP contribution in [0.3, 0.4) is 0 Å². The molecule has 7 heteroatoms. The quantitative estimate of drug-likeness (QED) is 0.303. The number of hydrogen-bond acceptors (Lipinski definition) is 5. The molecule has 4 aromatic rings. The van der Waals surface area contributed by atoms with Crippen LogP contribution in [-0.2, 0) is 11.3 Å². The van der Waals surface area contributed by atoms with E-state index in [1.54, 1.807) is 12.4 Å². The largest absolute Gasteiger partial charge is 0.338 e. The number of nitrogens with zero attached hydrogens (tertiary/aromatic N) is 5. The van der Waals surface area contributed by atoms with E-state index in [0.29, 0.717) is 17.5 Å². The maximum atomic E-state index is 13.2. The molecule has 174 valence electrons. The minimum Gasteiger partial charge on any atom is -0.338 e. The molecule has 2 aromatic heterocycles. The minimum atomic E-state index is 0.0938. The topological polar surface area (TPSA) is 63.9 Å². The summed E-state index contributed by atoms with van der Waals surface area (Å²) in [4.78, 5) is 19.2. The Kier molecular flexibility index (Phi) is 7.75. The Balaban J connectivity index is 1.56. The smallest absolute Gasteiger partial charge is 0.233 e. The zero-order valence-electron chi connectivity index (χ0n) is 19.8. The zero-order chi connectivity index (χ0) is 23.9. The summed E-state index contributed by atoms with van der Waals surface area (Å²) in [6, 6.07) is 20.4. The lowest BCUT2D eigenvalue weighted by Crippen LogP contribution is -2.32. The maximum Gasteiger partial charge on any atom is 0.233 e. The number of pyridine rings is 1. The number of aryl methyl sites for hydroxylation is 2. The number of rotatable bonds is 9. The fraction of sp³-hybridized carbons (Fsp3) is 0.259. The monoisotopic (exact) mass is 471 g/mol. The van der Waals surface area contributed by atoms with Crippen LogP contribution in [-0.4, -0.2) is 42.9 Å². The van der Waals surface area contributed by atoms with Gasteiger partial charge in [-0.1, -0.05) is 66.2 Å². The molecule has 0 bridgehead atoms. The molecule has 0 saturated carbocycles. The van der Waals surface area contributed by atoms with Gasteiger partial charge in [-0.15, -0.1) is 10.2 Å². The van der Waals surface area contributed by atoms with Crippen LogP contribution in [0.25, 0.3) is 17.1 Å². The van der Waals surface area contributed by atoms with E-state index >= 15 is 0 Å². The fourth-order valence-electron chi connectivity index (χ4n) is 3.67. The molecular formula is C27H29N5OS. The van der Waals surface area contributed by atoms with E-state index in [0.717, 1.165) is 35.6 Å². The van der Waals surface area contributed by atoms with Crippen molar-refractivity contribution < 1.29 is 4.79 Å². The molecule has 1 amide bonds. The van der Waals surface area contributed by atoms with Crippen LogP contribution in [0.4, 0.5) is 0 Å². The number of hydrogen-bond donors (Lipinski definition) is 0. The van der Waals surface area contributed by atoms with Crippen molar-refractivity contribution in [1.82, 2.24) is 24.6 Å². The lowest BCUT2D eigenvalue weighted by atomic mass is 10.1. The first kappa shape index (κ1) is 23.7. The number of amides is 1. The molecule has 2 aromatic carbocycles. The Hall–Kier alpha value is -3.45. The molecule has 0 aliphatic carbocycles. The van der Waals surface area contributed by atoms with E-state index in [2.05, 4.69) is 84.5 Å². The van der Waals surface area contributed by atoms with E-state index < -0.39 is 0 Å². The third-order valence-corrected chi connectivity index (χ3v) is 6.44. The minimum absolute atomic E-state index is 0.0938. The van der Waals surface area contributed by atoms with E-state index in [1.165, 1.54) is 22.9 Å². The lowest BCUT2D eigenvalue weighted by molar-refractivity contribution is -0.129. The first-order chi connectivity index (χ1) is 16.5. The van der Waals surface area contributed by atoms with Gasteiger partial charge in [-0.25, -0.2) is 0 Å². The van der Waals surface area contributed by atoms with Crippen molar-refractivity contribution in [3.63, 3.8) is 0 Å². The first-order valence-corrected chi connectivity index (χ1v) is 12.4. The van der Waals surface area contributed by atoms with Crippen molar-refractivity contribution in [3.8, 4) is 17.1 Å². The molecule has 6 nitrogen and oxygen atoms in total. The van der Waals surface area contributed by atoms with Gasteiger partial charge in [-0.3, -0.25) is 14.3 Å². The molecule has 0 aliphatic rings. The highest BCUT2D eigenvalue weighted by molar-refractivity contribution is 7.99. The van der Waals surface area contributed by atoms with Crippen molar-refractivity contribution in [2.24, 2.45) is 0 Å². The van der Waals surface area contributed by atoms with Gasteiger partial charge in [-0.05, 0) is 50.1 Å². The number of carbonyl (C=O) groups is 1. The second kappa shape index (κ2) is 11.1. The van der Waals surface area contributed by atoms with Crippen LogP contribution in [0.5, 0.6) is 0 Å². The predicted molar refractivity (Wildman–Crippen MR) is 137 cm³/mol. The molecule has 0 saturated heterocycles. The van der Waals surface area contributed by atoms with Gasteiger partial charge >= 0.3 is 0 Å². The summed E-state index contributed by atoms with van der Waals surface area (Å²) in [5.41, 5.74) is 5.42. The summed E-state index contributed by atoms with van der Waals surface area (Å²) in [5, 5.41) is 9.60. The number of aromatic nitrogens is 4. The Morgan fingerprint density at radius 1 is 0.912 bits per heavy atom. The molecule has 34 heavy (non-hydrogen) atoms. The third-order valence-electron chi connectivity index (χ3n) is 5.53. The predicted octanol–water partition coefficient (Wildman–Crippen LogP) is 5.48. The molecule has 0 atom stereocenters. The highest BCUT2D eigenvalue weighted by atomic mass is 32.2. The highest BCUT2D eigenvalue weighted by Gasteiger charge is 2.19. The standard InChI is InChI=1S/C27H29N5OS/c1-4-17-31(18-22-9-5-20(2)6-10-22)25(33)19-34-27-30-29-26(23-13-15-28-16-14-23)32(27)24-11-7-21(3)8-12-24/h5-16H,4,17-19H2,1-3H3. The molecule has 4 rings (SSSR count). The summed E-state index contributed by atoms with van der Waals surface area (Å²) in [6.07, 6.45) is 4.40. The van der Waals surface area contributed by atoms with Crippen molar-refractivity contribution in [2.75, 3.05) is 12.3 Å². The summed E-state index contributed by atoms with van der Waals surface area (Å²) in [7, 11) is 0. The summed E-state index contributed by atoms with van der Waals surface area (Å²) >= 11 is 1.42. The first-order valence-electron chi connectivity index (χ1n) is 11.4. The number of thioether (sulfide) groups is 1. The molecule has 2 heterocycles. The van der Waals surface area contributed by atoms with Gasteiger partial charge in [0.1, 0.15) is 0 Å². The molecule has 0 fully saturated rings. The Bertz CT molecular complexity index is 1220. The lowest BCUT2D eigenvalue weighted by Gasteiger charge is -2.22. The normalized spacial score (nSPS) is 10.9. The Labute approximate surface area is 205 Å². The van der Waals surface area contributed by atoms with Crippen molar-refractivity contribution in [1.29, 1.82) is 0 Å². The third kappa shape index (κ3) is 5.72. The number of carbonyl (C=O) groups excluding carboxylic acids is 1. The zero-order valence-corrected chi connectivity index (χ0v) is 20.6. The van der Waals surface area contributed by atoms with Crippen LogP contribution in [0, 0.1) is 13.8 Å². The van der Waals surface area contributed by atoms with Gasteiger partial charge in [0.2, 0.25) is 5.91 Å². The highest BCUT2D eigenvalue weighted by Crippen LogP contribution is 2.28. The molecule has 0 aliphatic heterocycles. The van der Waals surface area contributed by atoms with Crippen molar-refractivity contribution in [2.45, 2.75) is 38.9 Å². The summed E-state index contributed by atoms with van der Waals surface area (Å²) < 4.78 is 2.01. The van der Waals surface area contributed by atoms with Crippen LogP contribution in [0.1, 0.15) is 30.0 Å². The SMILES string of the molecule is CCCN(Cc1ccc(C)cc1)C(=O)CSc1nnc(-c2ccncc2)n1-c1ccc(C)cc1. The fourth-order valence-corrected chi connectivity index (χ4v) is 4.53. The van der Waals surface area contributed by atoms with E-state index in [-0.39, 0.29) is 5.91 Å². The van der Waals surface area contributed by atoms with Gasteiger partial charge in [0.25, 0.3) is 0 Å². The van der Waals surface area contributed by atoms with Crippen molar-refractivity contribution >= 4 is 17.7 Å². The molecule has 0 unspecified atom stereocenters. The average molecular weight is 472 g/mol. The Morgan fingerprint density at radius 2 is 1.56 bits per heavy atom. The van der Waals surface area contributed by atoms with Crippen LogP contribution >= 0.6 is 11.8 Å². The van der Waals surface area contributed by atoms with Crippen LogP contribution < -0.4 is 0 Å². The maximum absolute atomic E-state index is 13.2. The summed E-state index contributed by atoms with van der Waals surface area (Å²) in [6.45, 7) is 7.56. The van der Waals surface area contributed by atoms with E-state index in [4.69, 9.17) is 0 Å². The second-order valence-corrected chi connectivity index (χ2v) is 9.25.